The molecule has 1 aromatic rings. The second-order valence-electron chi connectivity index (χ2n) is 2.45. The second-order valence-corrected chi connectivity index (χ2v) is 3.73. The van der Waals surface area contributed by atoms with Crippen LogP contribution in [0, 0.1) is 5.41 Å². The molecule has 0 aromatic carbocycles. The molecule has 0 spiro atoms. The number of hydrogen-bond acceptors (Lipinski definition) is 4. The zero-order chi connectivity index (χ0) is 10.4. The molecule has 1 amide bonds. The molecule has 0 aliphatic rings. The Bertz CT molecular complexity index is 326. The molecule has 0 fully saturated rings. The van der Waals surface area contributed by atoms with Gasteiger partial charge in [-0.05, 0) is 17.9 Å². The van der Waals surface area contributed by atoms with Crippen molar-refractivity contribution in [3.8, 4) is 0 Å². The van der Waals surface area contributed by atoms with Crippen LogP contribution < -0.4 is 5.32 Å². The van der Waals surface area contributed by atoms with Gasteiger partial charge in [0.1, 0.15) is 0 Å². The fourth-order valence-electron chi connectivity index (χ4n) is 0.859. The highest BCUT2D eigenvalue weighted by Crippen LogP contribution is 2.00. The van der Waals surface area contributed by atoms with Crippen LogP contribution in [0.15, 0.2) is 24.5 Å². The van der Waals surface area contributed by atoms with Gasteiger partial charge in [0.25, 0.3) is 5.91 Å². The van der Waals surface area contributed by atoms with Crippen LogP contribution in [0.3, 0.4) is 0 Å². The van der Waals surface area contributed by atoms with Crippen molar-refractivity contribution in [3.63, 3.8) is 0 Å². The van der Waals surface area contributed by atoms with Gasteiger partial charge in [-0.3, -0.25) is 15.2 Å². The number of amides is 1. The number of hydrogen-bond donors (Lipinski definition) is 2. The largest absolute Gasteiger partial charge is 0.301 e. The van der Waals surface area contributed by atoms with Crippen LogP contribution in [0.4, 0.5) is 0 Å². The van der Waals surface area contributed by atoms with E-state index in [1.807, 2.05) is 6.92 Å². The van der Waals surface area contributed by atoms with Crippen LogP contribution in [-0.4, -0.2) is 21.8 Å². The number of carbonyl (C=O) groups is 1. The molecule has 1 heterocycles. The third kappa shape index (κ3) is 3.18. The summed E-state index contributed by atoms with van der Waals surface area (Å²) < 4.78 is 0. The molecule has 0 unspecified atom stereocenters. The maximum atomic E-state index is 11.4. The SMILES string of the molecule is CCSC(=N)NC(=O)c1ccncc1. The first-order valence-corrected chi connectivity index (χ1v) is 5.15. The highest BCUT2D eigenvalue weighted by atomic mass is 32.2. The van der Waals surface area contributed by atoms with Gasteiger partial charge >= 0.3 is 0 Å². The molecule has 5 heteroatoms. The number of nitrogens with one attached hydrogen (secondary N) is 2. The van der Waals surface area contributed by atoms with Crippen molar-refractivity contribution in [2.75, 3.05) is 5.75 Å². The van der Waals surface area contributed by atoms with Crippen LogP contribution in [-0.2, 0) is 0 Å². The van der Waals surface area contributed by atoms with Gasteiger partial charge in [0, 0.05) is 18.0 Å². The summed E-state index contributed by atoms with van der Waals surface area (Å²) in [4.78, 5) is 15.2. The topological polar surface area (TPSA) is 65.8 Å². The summed E-state index contributed by atoms with van der Waals surface area (Å²) in [5.74, 6) is 0.508. The first-order valence-electron chi connectivity index (χ1n) is 4.16. The maximum Gasteiger partial charge on any atom is 0.257 e. The lowest BCUT2D eigenvalue weighted by atomic mass is 10.2. The van der Waals surface area contributed by atoms with E-state index in [0.29, 0.717) is 5.56 Å². The highest BCUT2D eigenvalue weighted by molar-refractivity contribution is 8.13. The molecule has 0 saturated carbocycles. The average Bonchev–Trinajstić information content (AvgIpc) is 2.19. The minimum atomic E-state index is -0.265. The van der Waals surface area contributed by atoms with Gasteiger partial charge in [-0.2, -0.15) is 0 Å². The quantitative estimate of drug-likeness (QED) is 0.573. The van der Waals surface area contributed by atoms with E-state index in [1.165, 1.54) is 11.8 Å². The van der Waals surface area contributed by atoms with Crippen LogP contribution in [0.25, 0.3) is 0 Å². The van der Waals surface area contributed by atoms with Crippen molar-refractivity contribution in [3.05, 3.63) is 30.1 Å². The Morgan fingerprint density at radius 2 is 2.21 bits per heavy atom. The van der Waals surface area contributed by atoms with Gasteiger partial charge in [-0.15, -0.1) is 0 Å². The lowest BCUT2D eigenvalue weighted by Crippen LogP contribution is -2.27. The normalized spacial score (nSPS) is 9.50. The summed E-state index contributed by atoms with van der Waals surface area (Å²) in [6.45, 7) is 1.93. The average molecular weight is 209 g/mol. The standard InChI is InChI=1S/C9H11N3OS/c1-2-14-9(10)12-8(13)7-3-5-11-6-4-7/h3-6H,2H2,1H3,(H2,10,12,13). The minimum absolute atomic E-state index is 0.175. The lowest BCUT2D eigenvalue weighted by molar-refractivity contribution is 0.0977. The Kier molecular flexibility index (Phi) is 4.12. The Labute approximate surface area is 86.6 Å². The Morgan fingerprint density at radius 1 is 1.57 bits per heavy atom. The fraction of sp³-hybridized carbons (Fsp3) is 0.222. The van der Waals surface area contributed by atoms with Crippen molar-refractivity contribution in [1.29, 1.82) is 5.41 Å². The molecule has 1 rings (SSSR count). The van der Waals surface area contributed by atoms with Crippen LogP contribution in [0.1, 0.15) is 17.3 Å². The van der Waals surface area contributed by atoms with Gasteiger partial charge in [0.15, 0.2) is 5.17 Å². The number of aromatic nitrogens is 1. The molecule has 14 heavy (non-hydrogen) atoms. The molecular weight excluding hydrogens is 198 g/mol. The number of pyridine rings is 1. The lowest BCUT2D eigenvalue weighted by Gasteiger charge is -2.03. The van der Waals surface area contributed by atoms with Crippen molar-refractivity contribution in [2.45, 2.75) is 6.92 Å². The zero-order valence-electron chi connectivity index (χ0n) is 7.78. The Morgan fingerprint density at radius 3 is 2.79 bits per heavy atom. The summed E-state index contributed by atoms with van der Waals surface area (Å²) in [6, 6.07) is 3.22. The number of nitrogens with zero attached hydrogens (tertiary/aromatic N) is 1. The molecule has 2 N–H and O–H groups in total. The van der Waals surface area contributed by atoms with Crippen molar-refractivity contribution in [2.24, 2.45) is 0 Å². The smallest absolute Gasteiger partial charge is 0.257 e. The summed E-state index contributed by atoms with van der Waals surface area (Å²) in [5, 5.41) is 10.0. The van der Waals surface area contributed by atoms with E-state index in [-0.39, 0.29) is 11.1 Å². The third-order valence-corrected chi connectivity index (χ3v) is 2.14. The predicted molar refractivity (Wildman–Crippen MR) is 57.6 cm³/mol. The van der Waals surface area contributed by atoms with Crippen LogP contribution in [0.2, 0.25) is 0 Å². The van der Waals surface area contributed by atoms with Crippen molar-refractivity contribution in [1.82, 2.24) is 10.3 Å². The first kappa shape index (κ1) is 10.7. The van der Waals surface area contributed by atoms with E-state index < -0.39 is 0 Å². The monoisotopic (exact) mass is 209 g/mol. The molecule has 0 radical (unpaired) electrons. The molecule has 1 aromatic heterocycles. The number of rotatable bonds is 2. The van der Waals surface area contributed by atoms with Gasteiger partial charge in [0.2, 0.25) is 0 Å². The molecular formula is C9H11N3OS. The number of amidine groups is 1. The summed E-state index contributed by atoms with van der Waals surface area (Å²) in [5.41, 5.74) is 0.515. The number of thioether (sulfide) groups is 1. The van der Waals surface area contributed by atoms with E-state index in [9.17, 15) is 4.79 Å². The minimum Gasteiger partial charge on any atom is -0.301 e. The first-order chi connectivity index (χ1) is 6.74. The Hall–Kier alpha value is -1.36. The van der Waals surface area contributed by atoms with Gasteiger partial charge in [-0.1, -0.05) is 18.7 Å². The highest BCUT2D eigenvalue weighted by Gasteiger charge is 2.06. The van der Waals surface area contributed by atoms with Crippen molar-refractivity contribution < 1.29 is 4.79 Å². The van der Waals surface area contributed by atoms with E-state index in [4.69, 9.17) is 5.41 Å². The second kappa shape index (κ2) is 5.39. The Balaban J connectivity index is 2.55. The zero-order valence-corrected chi connectivity index (χ0v) is 8.60. The summed E-state index contributed by atoms with van der Waals surface area (Å²) in [7, 11) is 0. The van der Waals surface area contributed by atoms with Crippen LogP contribution in [0.5, 0.6) is 0 Å². The van der Waals surface area contributed by atoms with E-state index >= 15 is 0 Å². The molecule has 0 saturated heterocycles. The molecule has 0 bridgehead atoms. The van der Waals surface area contributed by atoms with E-state index in [2.05, 4.69) is 10.3 Å². The van der Waals surface area contributed by atoms with Gasteiger partial charge in [0.05, 0.1) is 0 Å². The van der Waals surface area contributed by atoms with E-state index in [1.54, 1.807) is 24.5 Å². The number of carbonyl (C=O) groups excluding carboxylic acids is 1. The molecule has 0 aliphatic heterocycles. The van der Waals surface area contributed by atoms with E-state index in [0.717, 1.165) is 5.75 Å². The van der Waals surface area contributed by atoms with Crippen molar-refractivity contribution >= 4 is 22.8 Å². The van der Waals surface area contributed by atoms with Gasteiger partial charge < -0.3 is 5.32 Å². The molecule has 0 atom stereocenters. The van der Waals surface area contributed by atoms with Crippen LogP contribution >= 0.6 is 11.8 Å². The molecule has 4 nitrogen and oxygen atoms in total. The summed E-state index contributed by atoms with van der Waals surface area (Å²) in [6.07, 6.45) is 3.09. The summed E-state index contributed by atoms with van der Waals surface area (Å²) >= 11 is 1.29. The van der Waals surface area contributed by atoms with Gasteiger partial charge in [-0.25, -0.2) is 0 Å². The maximum absolute atomic E-state index is 11.4. The molecule has 0 aliphatic carbocycles. The predicted octanol–water partition coefficient (Wildman–Crippen LogP) is 1.50. The third-order valence-electron chi connectivity index (χ3n) is 1.46. The fourth-order valence-corrected chi connectivity index (χ4v) is 1.31. The molecule has 74 valence electrons.